The zero-order valence-corrected chi connectivity index (χ0v) is 16.0. The van der Waals surface area contributed by atoms with Gasteiger partial charge in [-0.1, -0.05) is 30.0 Å². The quantitative estimate of drug-likeness (QED) is 0.737. The van der Waals surface area contributed by atoms with E-state index in [0.717, 1.165) is 18.0 Å². The SMILES string of the molecule is CN(C)C(=O)c1[nH]c2cc(S(C)(=O)=O)ccc2c1Sc1ccccc1F. The minimum absolute atomic E-state index is 0.151. The number of H-pyrrole nitrogens is 1. The van der Waals surface area contributed by atoms with Crippen LogP contribution in [0.3, 0.4) is 0 Å². The van der Waals surface area contributed by atoms with Crippen LogP contribution in [0.4, 0.5) is 4.39 Å². The molecular formula is C18H17FN2O3S2. The van der Waals surface area contributed by atoms with Gasteiger partial charge < -0.3 is 9.88 Å². The highest BCUT2D eigenvalue weighted by atomic mass is 32.2. The number of hydrogen-bond donors (Lipinski definition) is 1. The summed E-state index contributed by atoms with van der Waals surface area (Å²) in [6, 6.07) is 10.9. The van der Waals surface area contributed by atoms with Crippen molar-refractivity contribution in [2.75, 3.05) is 20.4 Å². The predicted octanol–water partition coefficient (Wildman–Crippen LogP) is 3.56. The molecular weight excluding hydrogens is 375 g/mol. The third-order valence-electron chi connectivity index (χ3n) is 3.82. The number of rotatable bonds is 4. The molecule has 0 fully saturated rings. The Kier molecular flexibility index (Phi) is 4.81. The lowest BCUT2D eigenvalue weighted by Gasteiger charge is -2.11. The number of nitrogens with one attached hydrogen (secondary N) is 1. The molecule has 0 bridgehead atoms. The van der Waals surface area contributed by atoms with E-state index in [0.29, 0.717) is 26.4 Å². The van der Waals surface area contributed by atoms with Crippen molar-refractivity contribution in [3.63, 3.8) is 0 Å². The van der Waals surface area contributed by atoms with Gasteiger partial charge in [0.15, 0.2) is 9.84 Å². The molecule has 0 unspecified atom stereocenters. The zero-order valence-electron chi connectivity index (χ0n) is 14.4. The lowest BCUT2D eigenvalue weighted by molar-refractivity contribution is 0.0819. The molecule has 0 spiro atoms. The number of amides is 1. The van der Waals surface area contributed by atoms with E-state index in [9.17, 15) is 17.6 Å². The molecule has 8 heteroatoms. The molecule has 3 aromatic rings. The van der Waals surface area contributed by atoms with Gasteiger partial charge in [-0.25, -0.2) is 12.8 Å². The first-order valence-electron chi connectivity index (χ1n) is 7.68. The molecule has 0 aliphatic carbocycles. The summed E-state index contributed by atoms with van der Waals surface area (Å²) in [6.45, 7) is 0. The first-order valence-corrected chi connectivity index (χ1v) is 10.4. The highest BCUT2D eigenvalue weighted by Gasteiger charge is 2.22. The summed E-state index contributed by atoms with van der Waals surface area (Å²) >= 11 is 1.13. The highest BCUT2D eigenvalue weighted by molar-refractivity contribution is 7.99. The standard InChI is InChI=1S/C18H17FN2O3S2/c1-21(2)18(22)16-17(25-15-7-5-4-6-13(15)19)12-9-8-11(26(3,23)24)10-14(12)20-16/h4-10,20H,1-3H3. The largest absolute Gasteiger partial charge is 0.350 e. The Bertz CT molecular complexity index is 1100. The Hall–Kier alpha value is -2.32. The molecule has 0 saturated heterocycles. The maximum absolute atomic E-state index is 14.1. The molecule has 0 aliphatic rings. The smallest absolute Gasteiger partial charge is 0.270 e. The number of carbonyl (C=O) groups is 1. The van der Waals surface area contributed by atoms with Crippen molar-refractivity contribution in [2.24, 2.45) is 0 Å². The summed E-state index contributed by atoms with van der Waals surface area (Å²) < 4.78 is 37.7. The molecule has 1 aromatic heterocycles. The maximum Gasteiger partial charge on any atom is 0.270 e. The number of sulfone groups is 1. The molecule has 0 radical (unpaired) electrons. The summed E-state index contributed by atoms with van der Waals surface area (Å²) in [7, 11) is -0.145. The van der Waals surface area contributed by atoms with Crippen LogP contribution in [0.1, 0.15) is 10.5 Å². The Morgan fingerprint density at radius 3 is 2.46 bits per heavy atom. The van der Waals surface area contributed by atoms with Crippen LogP contribution in [0.25, 0.3) is 10.9 Å². The number of halogens is 1. The van der Waals surface area contributed by atoms with Gasteiger partial charge in [-0.15, -0.1) is 0 Å². The van der Waals surface area contributed by atoms with Crippen molar-refractivity contribution >= 4 is 38.4 Å². The Labute approximate surface area is 155 Å². The number of carbonyl (C=O) groups excluding carboxylic acids is 1. The fraction of sp³-hybridized carbons (Fsp3) is 0.167. The maximum atomic E-state index is 14.1. The first-order chi connectivity index (χ1) is 12.2. The third kappa shape index (κ3) is 3.47. The molecule has 26 heavy (non-hydrogen) atoms. The third-order valence-corrected chi connectivity index (χ3v) is 6.11. The summed E-state index contributed by atoms with van der Waals surface area (Å²) in [4.78, 5) is 18.1. The second-order valence-electron chi connectivity index (χ2n) is 6.04. The molecule has 1 amide bonds. The van der Waals surface area contributed by atoms with Crippen LogP contribution in [0.5, 0.6) is 0 Å². The van der Waals surface area contributed by atoms with E-state index >= 15 is 0 Å². The number of benzene rings is 2. The van der Waals surface area contributed by atoms with Gasteiger partial charge in [0.25, 0.3) is 5.91 Å². The summed E-state index contributed by atoms with van der Waals surface area (Å²) in [5.41, 5.74) is 0.806. The van der Waals surface area contributed by atoms with E-state index in [2.05, 4.69) is 4.98 Å². The topological polar surface area (TPSA) is 70.2 Å². The molecule has 3 rings (SSSR count). The lowest BCUT2D eigenvalue weighted by atomic mass is 10.2. The Balaban J connectivity index is 2.22. The molecule has 0 aliphatic heterocycles. The van der Waals surface area contributed by atoms with Gasteiger partial charge in [-0.05, 0) is 24.3 Å². The number of aromatic amines is 1. The van der Waals surface area contributed by atoms with Crippen molar-refractivity contribution in [3.05, 3.63) is 54.0 Å². The van der Waals surface area contributed by atoms with Gasteiger partial charge in [0, 0.05) is 36.1 Å². The van der Waals surface area contributed by atoms with Gasteiger partial charge in [0.1, 0.15) is 11.5 Å². The molecule has 1 N–H and O–H groups in total. The normalized spacial score (nSPS) is 11.7. The first kappa shape index (κ1) is 18.5. The average Bonchev–Trinajstić information content (AvgIpc) is 2.93. The molecule has 5 nitrogen and oxygen atoms in total. The molecule has 1 heterocycles. The van der Waals surface area contributed by atoms with Crippen LogP contribution in [0.2, 0.25) is 0 Å². The summed E-state index contributed by atoms with van der Waals surface area (Å²) in [5.74, 6) is -0.663. The number of hydrogen-bond acceptors (Lipinski definition) is 4. The summed E-state index contributed by atoms with van der Waals surface area (Å²) in [5, 5.41) is 0.663. The van der Waals surface area contributed by atoms with Crippen molar-refractivity contribution in [1.29, 1.82) is 0 Å². The van der Waals surface area contributed by atoms with E-state index in [-0.39, 0.29) is 16.6 Å². The summed E-state index contributed by atoms with van der Waals surface area (Å²) in [6.07, 6.45) is 1.12. The fourth-order valence-corrected chi connectivity index (χ4v) is 4.21. The van der Waals surface area contributed by atoms with Crippen molar-refractivity contribution in [1.82, 2.24) is 9.88 Å². The van der Waals surface area contributed by atoms with E-state index in [1.807, 2.05) is 0 Å². The average molecular weight is 392 g/mol. The van der Waals surface area contributed by atoms with Crippen molar-refractivity contribution in [2.45, 2.75) is 14.7 Å². The van der Waals surface area contributed by atoms with Crippen molar-refractivity contribution in [3.8, 4) is 0 Å². The second kappa shape index (κ2) is 6.77. The molecule has 136 valence electrons. The van der Waals surface area contributed by atoms with Gasteiger partial charge in [-0.2, -0.15) is 0 Å². The predicted molar refractivity (Wildman–Crippen MR) is 99.9 cm³/mol. The van der Waals surface area contributed by atoms with Crippen LogP contribution in [0.15, 0.2) is 57.2 Å². The Morgan fingerprint density at radius 1 is 1.15 bits per heavy atom. The van der Waals surface area contributed by atoms with Gasteiger partial charge in [-0.3, -0.25) is 4.79 Å². The van der Waals surface area contributed by atoms with E-state index < -0.39 is 9.84 Å². The van der Waals surface area contributed by atoms with Crippen molar-refractivity contribution < 1.29 is 17.6 Å². The number of fused-ring (bicyclic) bond motifs is 1. The van der Waals surface area contributed by atoms with Crippen LogP contribution in [-0.4, -0.2) is 44.6 Å². The van der Waals surface area contributed by atoms with Crippen LogP contribution < -0.4 is 0 Å². The Morgan fingerprint density at radius 2 is 1.85 bits per heavy atom. The number of nitrogens with zero attached hydrogens (tertiary/aromatic N) is 1. The molecule has 2 aromatic carbocycles. The lowest BCUT2D eigenvalue weighted by Crippen LogP contribution is -2.22. The second-order valence-corrected chi connectivity index (χ2v) is 9.11. The monoisotopic (exact) mass is 392 g/mol. The molecule has 0 atom stereocenters. The van der Waals surface area contributed by atoms with E-state index in [1.54, 1.807) is 38.4 Å². The van der Waals surface area contributed by atoms with Gasteiger partial charge >= 0.3 is 0 Å². The van der Waals surface area contributed by atoms with E-state index in [1.165, 1.54) is 23.1 Å². The van der Waals surface area contributed by atoms with Gasteiger partial charge in [0.05, 0.1) is 9.79 Å². The minimum Gasteiger partial charge on any atom is -0.350 e. The fourth-order valence-electron chi connectivity index (χ4n) is 2.50. The highest BCUT2D eigenvalue weighted by Crippen LogP contribution is 2.38. The van der Waals surface area contributed by atoms with Crippen LogP contribution in [0, 0.1) is 5.82 Å². The van der Waals surface area contributed by atoms with Crippen LogP contribution >= 0.6 is 11.8 Å². The number of aromatic nitrogens is 1. The van der Waals surface area contributed by atoms with Crippen LogP contribution in [-0.2, 0) is 9.84 Å². The minimum atomic E-state index is -3.38. The molecule has 0 saturated carbocycles. The zero-order chi connectivity index (χ0) is 19.1. The van der Waals surface area contributed by atoms with Gasteiger partial charge in [0.2, 0.25) is 0 Å². The van der Waals surface area contributed by atoms with E-state index in [4.69, 9.17) is 0 Å².